The predicted octanol–water partition coefficient (Wildman–Crippen LogP) is 3.97. The van der Waals surface area contributed by atoms with Crippen molar-refractivity contribution in [3.8, 4) is 0 Å². The third-order valence-electron chi connectivity index (χ3n) is 3.20. The van der Waals surface area contributed by atoms with Gasteiger partial charge in [0.15, 0.2) is 0 Å². The van der Waals surface area contributed by atoms with Gasteiger partial charge in [0.1, 0.15) is 12.4 Å². The summed E-state index contributed by atoms with van der Waals surface area (Å²) >= 11 is 5.88. The summed E-state index contributed by atoms with van der Waals surface area (Å²) in [6.07, 6.45) is -2.66. The van der Waals surface area contributed by atoms with Gasteiger partial charge in [0.25, 0.3) is 0 Å². The van der Waals surface area contributed by atoms with Gasteiger partial charge in [0, 0.05) is 17.3 Å². The molecule has 1 fully saturated rings. The topological polar surface area (TPSA) is 16.1 Å². The highest BCUT2D eigenvalue weighted by atomic mass is 35.5. The number of rotatable bonds is 4. The lowest BCUT2D eigenvalue weighted by Gasteiger charge is -2.27. The van der Waals surface area contributed by atoms with E-state index in [0.717, 1.165) is 18.4 Å². The first kappa shape index (κ1) is 14.4. The van der Waals surface area contributed by atoms with E-state index in [1.54, 1.807) is 6.92 Å². The molecule has 0 saturated heterocycles. The van der Waals surface area contributed by atoms with Crippen molar-refractivity contribution in [2.75, 3.05) is 11.4 Å². The van der Waals surface area contributed by atoms with Crippen LogP contribution < -0.4 is 4.90 Å². The maximum absolute atomic E-state index is 12.7. The summed E-state index contributed by atoms with van der Waals surface area (Å²) in [6.45, 7) is 2.68. The summed E-state index contributed by atoms with van der Waals surface area (Å²) < 4.78 is 38.1. The minimum atomic E-state index is -4.23. The van der Waals surface area contributed by atoms with Crippen molar-refractivity contribution in [3.63, 3.8) is 0 Å². The quantitative estimate of drug-likeness (QED) is 0.781. The second-order valence-corrected chi connectivity index (χ2v) is 5.26. The van der Waals surface area contributed by atoms with Crippen molar-refractivity contribution >= 4 is 17.4 Å². The molecule has 19 heavy (non-hydrogen) atoms. The molecule has 0 N–H and O–H groups in total. The van der Waals surface area contributed by atoms with Crippen LogP contribution in [0, 0.1) is 13.8 Å². The Hall–Kier alpha value is -0.970. The lowest BCUT2D eigenvalue weighted by molar-refractivity contribution is -0.120. The average molecular weight is 293 g/mol. The molecule has 1 aliphatic carbocycles. The second kappa shape index (κ2) is 5.19. The minimum Gasteiger partial charge on any atom is -0.344 e. The maximum atomic E-state index is 12.7. The smallest absolute Gasteiger partial charge is 0.344 e. The Labute approximate surface area is 115 Å². The first-order valence-electron chi connectivity index (χ1n) is 6.18. The van der Waals surface area contributed by atoms with Crippen molar-refractivity contribution in [2.45, 2.75) is 44.8 Å². The molecule has 0 aromatic carbocycles. The van der Waals surface area contributed by atoms with E-state index >= 15 is 0 Å². The third kappa shape index (κ3) is 3.53. The highest BCUT2D eigenvalue weighted by Gasteiger charge is 2.39. The van der Waals surface area contributed by atoms with Crippen LogP contribution in [0.25, 0.3) is 0 Å². The van der Waals surface area contributed by atoms with Crippen LogP contribution in [0.5, 0.6) is 0 Å². The SMILES string of the molecule is Cc1cc(C)c(CCl)c(N(CC(F)(F)F)C2CC2)n1. The van der Waals surface area contributed by atoms with Crippen LogP contribution in [0.1, 0.15) is 29.7 Å². The molecule has 0 unspecified atom stereocenters. The minimum absolute atomic E-state index is 0.0581. The van der Waals surface area contributed by atoms with Gasteiger partial charge in [-0.05, 0) is 38.3 Å². The lowest BCUT2D eigenvalue weighted by Crippen LogP contribution is -2.37. The fourth-order valence-corrected chi connectivity index (χ4v) is 2.53. The molecule has 2 nitrogen and oxygen atoms in total. The van der Waals surface area contributed by atoms with Gasteiger partial charge < -0.3 is 4.90 Å². The van der Waals surface area contributed by atoms with Gasteiger partial charge in [-0.2, -0.15) is 13.2 Å². The van der Waals surface area contributed by atoms with Gasteiger partial charge in [-0.25, -0.2) is 4.98 Å². The summed E-state index contributed by atoms with van der Waals surface area (Å²) in [5.74, 6) is 0.572. The maximum Gasteiger partial charge on any atom is 0.405 e. The van der Waals surface area contributed by atoms with Crippen LogP contribution in [0.15, 0.2) is 6.07 Å². The van der Waals surface area contributed by atoms with E-state index in [0.29, 0.717) is 17.1 Å². The van der Waals surface area contributed by atoms with Gasteiger partial charge >= 0.3 is 6.18 Å². The summed E-state index contributed by atoms with van der Waals surface area (Å²) in [5.41, 5.74) is 2.31. The Morgan fingerprint density at radius 1 is 1.37 bits per heavy atom. The highest BCUT2D eigenvalue weighted by molar-refractivity contribution is 6.17. The van der Waals surface area contributed by atoms with E-state index in [2.05, 4.69) is 4.98 Å². The van der Waals surface area contributed by atoms with Crippen molar-refractivity contribution < 1.29 is 13.2 Å². The van der Waals surface area contributed by atoms with Crippen molar-refractivity contribution in [3.05, 3.63) is 22.9 Å². The Balaban J connectivity index is 2.41. The second-order valence-electron chi connectivity index (χ2n) is 4.99. The van der Waals surface area contributed by atoms with Crippen LogP contribution in [0.2, 0.25) is 0 Å². The van der Waals surface area contributed by atoms with E-state index in [-0.39, 0.29) is 11.9 Å². The molecular formula is C13H16ClF3N2. The molecule has 1 heterocycles. The van der Waals surface area contributed by atoms with Crippen molar-refractivity contribution in [1.82, 2.24) is 4.98 Å². The fourth-order valence-electron chi connectivity index (χ4n) is 2.20. The zero-order chi connectivity index (χ0) is 14.2. The van der Waals surface area contributed by atoms with E-state index in [1.165, 1.54) is 4.90 Å². The highest BCUT2D eigenvalue weighted by Crippen LogP contribution is 2.36. The first-order valence-corrected chi connectivity index (χ1v) is 6.71. The van der Waals surface area contributed by atoms with Crippen molar-refractivity contribution in [1.29, 1.82) is 0 Å². The number of nitrogens with zero attached hydrogens (tertiary/aromatic N) is 2. The van der Waals surface area contributed by atoms with Crippen LogP contribution >= 0.6 is 11.6 Å². The van der Waals surface area contributed by atoms with E-state index in [4.69, 9.17) is 11.6 Å². The Morgan fingerprint density at radius 2 is 2.00 bits per heavy atom. The molecular weight excluding hydrogens is 277 g/mol. The van der Waals surface area contributed by atoms with Gasteiger partial charge in [0.2, 0.25) is 0 Å². The fraction of sp³-hybridized carbons (Fsp3) is 0.615. The Bertz CT molecular complexity index is 470. The molecule has 1 saturated carbocycles. The van der Waals surface area contributed by atoms with Crippen LogP contribution in [-0.2, 0) is 5.88 Å². The summed E-state index contributed by atoms with van der Waals surface area (Å²) in [6, 6.07) is 1.79. The van der Waals surface area contributed by atoms with Gasteiger partial charge in [-0.3, -0.25) is 0 Å². The van der Waals surface area contributed by atoms with E-state index in [1.807, 2.05) is 13.0 Å². The molecule has 6 heteroatoms. The lowest BCUT2D eigenvalue weighted by atomic mass is 10.1. The molecule has 1 aliphatic rings. The van der Waals surface area contributed by atoms with Crippen LogP contribution in [0.4, 0.5) is 19.0 Å². The average Bonchev–Trinajstić information content (AvgIpc) is 3.07. The Morgan fingerprint density at radius 3 is 2.47 bits per heavy atom. The number of anilines is 1. The molecule has 1 aromatic rings. The molecule has 0 radical (unpaired) electrons. The number of aryl methyl sites for hydroxylation is 2. The van der Waals surface area contributed by atoms with Crippen LogP contribution in [0.3, 0.4) is 0 Å². The number of aromatic nitrogens is 1. The standard InChI is InChI=1S/C13H16ClF3N2/c1-8-5-9(2)18-12(11(8)6-14)19(10-3-4-10)7-13(15,16)17/h5,10H,3-4,6-7H2,1-2H3. The van der Waals surface area contributed by atoms with Gasteiger partial charge in [-0.1, -0.05) is 0 Å². The van der Waals surface area contributed by atoms with E-state index in [9.17, 15) is 13.2 Å². The molecule has 0 atom stereocenters. The largest absolute Gasteiger partial charge is 0.405 e. The molecule has 0 aliphatic heterocycles. The molecule has 106 valence electrons. The number of alkyl halides is 4. The van der Waals surface area contributed by atoms with Crippen molar-refractivity contribution in [2.24, 2.45) is 0 Å². The summed E-state index contributed by atoms with van der Waals surface area (Å²) in [5, 5.41) is 0. The zero-order valence-electron chi connectivity index (χ0n) is 10.9. The van der Waals surface area contributed by atoms with Crippen LogP contribution in [-0.4, -0.2) is 23.7 Å². The predicted molar refractivity (Wildman–Crippen MR) is 69.7 cm³/mol. The number of halogens is 4. The summed E-state index contributed by atoms with van der Waals surface area (Å²) in [4.78, 5) is 5.65. The zero-order valence-corrected chi connectivity index (χ0v) is 11.6. The van der Waals surface area contributed by atoms with Gasteiger partial charge in [-0.15, -0.1) is 11.6 Å². The van der Waals surface area contributed by atoms with E-state index < -0.39 is 12.7 Å². The number of pyridine rings is 1. The third-order valence-corrected chi connectivity index (χ3v) is 3.46. The first-order chi connectivity index (χ1) is 8.81. The Kier molecular flexibility index (Phi) is 3.95. The number of hydrogen-bond acceptors (Lipinski definition) is 2. The normalized spacial score (nSPS) is 15.7. The molecule has 0 spiro atoms. The summed E-state index contributed by atoms with van der Waals surface area (Å²) in [7, 11) is 0. The van der Waals surface area contributed by atoms with Gasteiger partial charge in [0.05, 0.1) is 5.88 Å². The molecule has 0 amide bonds. The monoisotopic (exact) mass is 292 g/mol. The molecule has 1 aromatic heterocycles. The molecule has 0 bridgehead atoms. The molecule has 2 rings (SSSR count). The number of hydrogen-bond donors (Lipinski definition) is 0.